The van der Waals surface area contributed by atoms with Crippen LogP contribution in [0.5, 0.6) is 0 Å². The highest BCUT2D eigenvalue weighted by atomic mass is 16.3. The van der Waals surface area contributed by atoms with Crippen LogP contribution in [-0.4, -0.2) is 62.6 Å². The fourth-order valence-corrected chi connectivity index (χ4v) is 2.77. The van der Waals surface area contributed by atoms with Crippen molar-refractivity contribution in [3.05, 3.63) is 36.8 Å². The van der Waals surface area contributed by atoms with Gasteiger partial charge in [0.1, 0.15) is 5.76 Å². The Bertz CT molecular complexity index is 548. The molecule has 1 aromatic rings. The Hall–Kier alpha value is -2.28. The summed E-state index contributed by atoms with van der Waals surface area (Å²) < 4.78 is 5.33. The summed E-state index contributed by atoms with van der Waals surface area (Å²) in [5.74, 6) is 1.81. The number of nitrogens with zero attached hydrogens (tertiary/aromatic N) is 2. The van der Waals surface area contributed by atoms with E-state index in [1.54, 1.807) is 13.3 Å². The van der Waals surface area contributed by atoms with Crippen molar-refractivity contribution < 1.29 is 9.21 Å². The Morgan fingerprint density at radius 1 is 1.48 bits per heavy atom. The number of furan rings is 1. The van der Waals surface area contributed by atoms with Crippen molar-refractivity contribution in [3.8, 4) is 0 Å². The van der Waals surface area contributed by atoms with Crippen molar-refractivity contribution in [3.63, 3.8) is 0 Å². The molecule has 2 rings (SSSR count). The van der Waals surface area contributed by atoms with E-state index in [0.717, 1.165) is 44.1 Å². The highest BCUT2D eigenvalue weighted by molar-refractivity contribution is 5.80. The highest BCUT2D eigenvalue weighted by Crippen LogP contribution is 2.10. The van der Waals surface area contributed by atoms with Crippen LogP contribution in [-0.2, 0) is 11.2 Å². The average molecular weight is 347 g/mol. The smallest absolute Gasteiger partial charge is 0.233 e. The van der Waals surface area contributed by atoms with E-state index in [1.165, 1.54) is 0 Å². The van der Waals surface area contributed by atoms with Gasteiger partial charge in [0.05, 0.1) is 12.8 Å². The number of carbonyl (C=O) groups is 1. The van der Waals surface area contributed by atoms with E-state index in [0.29, 0.717) is 25.7 Å². The van der Waals surface area contributed by atoms with Crippen molar-refractivity contribution in [1.29, 1.82) is 0 Å². The fourth-order valence-electron chi connectivity index (χ4n) is 2.77. The molecule has 2 heterocycles. The summed E-state index contributed by atoms with van der Waals surface area (Å²) in [6, 6.07) is 4.21. The topological polar surface area (TPSA) is 81.9 Å². The minimum absolute atomic E-state index is 0.0687. The molecular weight excluding hydrogens is 318 g/mol. The van der Waals surface area contributed by atoms with Gasteiger partial charge in [-0.25, -0.2) is 0 Å². The van der Waals surface area contributed by atoms with Crippen molar-refractivity contribution in [2.24, 2.45) is 4.99 Å². The monoisotopic (exact) mass is 347 g/mol. The van der Waals surface area contributed by atoms with Crippen LogP contribution in [0.4, 0.5) is 0 Å². The van der Waals surface area contributed by atoms with Crippen LogP contribution in [0, 0.1) is 0 Å². The summed E-state index contributed by atoms with van der Waals surface area (Å²) in [7, 11) is 1.67. The third kappa shape index (κ3) is 7.01. The van der Waals surface area contributed by atoms with Crippen molar-refractivity contribution in [2.45, 2.75) is 25.3 Å². The molecule has 138 valence electrons. The predicted molar refractivity (Wildman–Crippen MR) is 99.6 cm³/mol. The number of carbonyl (C=O) groups excluding carboxylic acids is 1. The lowest BCUT2D eigenvalue weighted by molar-refractivity contribution is -0.122. The summed E-state index contributed by atoms with van der Waals surface area (Å²) in [4.78, 5) is 18.3. The lowest BCUT2D eigenvalue weighted by Gasteiger charge is -2.32. The van der Waals surface area contributed by atoms with E-state index < -0.39 is 0 Å². The first-order chi connectivity index (χ1) is 12.2. The van der Waals surface area contributed by atoms with Crippen LogP contribution in [0.1, 0.15) is 18.6 Å². The van der Waals surface area contributed by atoms with E-state index in [-0.39, 0.29) is 5.91 Å². The molecule has 0 aromatic carbocycles. The van der Waals surface area contributed by atoms with Gasteiger partial charge in [0.2, 0.25) is 5.91 Å². The van der Waals surface area contributed by atoms with Gasteiger partial charge in [0.15, 0.2) is 5.96 Å². The molecule has 0 spiro atoms. The summed E-state index contributed by atoms with van der Waals surface area (Å²) in [6.07, 6.45) is 6.25. The number of hydrogen-bond acceptors (Lipinski definition) is 4. The molecule has 7 heteroatoms. The van der Waals surface area contributed by atoms with Gasteiger partial charge in [-0.1, -0.05) is 6.08 Å². The minimum Gasteiger partial charge on any atom is -0.469 e. The van der Waals surface area contributed by atoms with Crippen LogP contribution < -0.4 is 16.0 Å². The zero-order valence-electron chi connectivity index (χ0n) is 15.0. The Labute approximate surface area is 149 Å². The summed E-state index contributed by atoms with van der Waals surface area (Å²) in [6.45, 7) is 7.36. The Morgan fingerprint density at radius 2 is 2.28 bits per heavy atom. The van der Waals surface area contributed by atoms with E-state index in [1.807, 2.05) is 18.2 Å². The largest absolute Gasteiger partial charge is 0.469 e. The van der Waals surface area contributed by atoms with E-state index in [4.69, 9.17) is 4.42 Å². The Kier molecular flexibility index (Phi) is 8.04. The second kappa shape index (κ2) is 10.6. The number of rotatable bonds is 8. The molecule has 0 atom stereocenters. The van der Waals surface area contributed by atoms with Crippen LogP contribution in [0.2, 0.25) is 0 Å². The van der Waals surface area contributed by atoms with Crippen LogP contribution >= 0.6 is 0 Å². The quantitative estimate of drug-likeness (QED) is 0.367. The van der Waals surface area contributed by atoms with E-state index in [9.17, 15) is 4.79 Å². The van der Waals surface area contributed by atoms with Gasteiger partial charge in [-0.3, -0.25) is 14.7 Å². The predicted octanol–water partition coefficient (Wildman–Crippen LogP) is 0.754. The van der Waals surface area contributed by atoms with Crippen molar-refractivity contribution in [1.82, 2.24) is 20.9 Å². The molecule has 0 saturated carbocycles. The zero-order valence-corrected chi connectivity index (χ0v) is 15.0. The number of likely N-dealkylation sites (tertiary alicyclic amines) is 1. The second-order valence-corrected chi connectivity index (χ2v) is 6.10. The van der Waals surface area contributed by atoms with Gasteiger partial charge in [0, 0.05) is 45.7 Å². The van der Waals surface area contributed by atoms with E-state index >= 15 is 0 Å². The molecule has 25 heavy (non-hydrogen) atoms. The normalized spacial score (nSPS) is 16.4. The molecule has 1 aliphatic rings. The highest BCUT2D eigenvalue weighted by Gasteiger charge is 2.21. The Balaban J connectivity index is 1.78. The van der Waals surface area contributed by atoms with Crippen LogP contribution in [0.15, 0.2) is 40.5 Å². The zero-order chi connectivity index (χ0) is 17.9. The fraction of sp³-hybridized carbons (Fsp3) is 0.556. The number of aliphatic imine (C=N–C) groups is 1. The summed E-state index contributed by atoms with van der Waals surface area (Å²) in [5.41, 5.74) is 0. The number of piperidine rings is 1. The molecule has 1 amide bonds. The first kappa shape index (κ1) is 19.1. The molecular formula is C18H29N5O2. The maximum Gasteiger partial charge on any atom is 0.233 e. The molecule has 7 nitrogen and oxygen atoms in total. The van der Waals surface area contributed by atoms with E-state index in [2.05, 4.69) is 32.4 Å². The minimum atomic E-state index is 0.0687. The van der Waals surface area contributed by atoms with Gasteiger partial charge in [-0.2, -0.15) is 0 Å². The molecule has 3 N–H and O–H groups in total. The first-order valence-corrected chi connectivity index (χ1v) is 8.82. The molecule has 0 aliphatic carbocycles. The van der Waals surface area contributed by atoms with Crippen LogP contribution in [0.25, 0.3) is 0 Å². The Morgan fingerprint density at radius 3 is 2.92 bits per heavy atom. The standard InChI is InChI=1S/C18H29N5O2/c1-3-9-20-18(21-10-6-16-5-4-13-25-16)22-15-7-11-23(12-8-15)14-17(24)19-2/h3-5,13,15H,1,6-12,14H2,2H3,(H,19,24)(H2,20,21,22). The molecule has 0 radical (unpaired) electrons. The first-order valence-electron chi connectivity index (χ1n) is 8.82. The SMILES string of the molecule is C=CCNC(=NCCc1ccco1)NC1CCN(CC(=O)NC)CC1. The maximum atomic E-state index is 11.5. The van der Waals surface area contributed by atoms with Gasteiger partial charge in [-0.05, 0) is 25.0 Å². The van der Waals surface area contributed by atoms with Gasteiger partial charge in [-0.15, -0.1) is 6.58 Å². The maximum absolute atomic E-state index is 11.5. The van der Waals surface area contributed by atoms with Crippen molar-refractivity contribution in [2.75, 3.05) is 39.8 Å². The number of guanidine groups is 1. The average Bonchev–Trinajstić information content (AvgIpc) is 3.14. The number of likely N-dealkylation sites (N-methyl/N-ethyl adjacent to an activating group) is 1. The third-order valence-corrected chi connectivity index (χ3v) is 4.20. The molecule has 1 fully saturated rings. The lowest BCUT2D eigenvalue weighted by Crippen LogP contribution is -2.50. The van der Waals surface area contributed by atoms with Crippen molar-refractivity contribution >= 4 is 11.9 Å². The molecule has 0 unspecified atom stereocenters. The summed E-state index contributed by atoms with van der Waals surface area (Å²) in [5, 5.41) is 9.43. The number of hydrogen-bond donors (Lipinski definition) is 3. The number of amides is 1. The van der Waals surface area contributed by atoms with Gasteiger partial charge >= 0.3 is 0 Å². The van der Waals surface area contributed by atoms with Crippen LogP contribution in [0.3, 0.4) is 0 Å². The summed E-state index contributed by atoms with van der Waals surface area (Å²) >= 11 is 0. The third-order valence-electron chi connectivity index (χ3n) is 4.20. The lowest BCUT2D eigenvalue weighted by atomic mass is 10.1. The molecule has 1 aliphatic heterocycles. The van der Waals surface area contributed by atoms with Gasteiger partial charge < -0.3 is 20.4 Å². The number of nitrogens with one attached hydrogen (secondary N) is 3. The second-order valence-electron chi connectivity index (χ2n) is 6.10. The molecule has 1 saturated heterocycles. The molecule has 0 bridgehead atoms. The van der Waals surface area contributed by atoms with Gasteiger partial charge in [0.25, 0.3) is 0 Å². The molecule has 1 aromatic heterocycles.